The van der Waals surface area contributed by atoms with Gasteiger partial charge in [-0.1, -0.05) is 12.1 Å². The highest BCUT2D eigenvalue weighted by Crippen LogP contribution is 2.29. The molecule has 0 unspecified atom stereocenters. The number of benzene rings is 1. The van der Waals surface area contributed by atoms with Gasteiger partial charge < -0.3 is 10.6 Å². The van der Waals surface area contributed by atoms with Gasteiger partial charge in [-0.25, -0.2) is 8.42 Å². The van der Waals surface area contributed by atoms with Crippen molar-refractivity contribution < 1.29 is 21.6 Å². The summed E-state index contributed by atoms with van der Waals surface area (Å²) in [5.74, 6) is 0.367. The number of halogens is 4. The van der Waals surface area contributed by atoms with Gasteiger partial charge in [0.1, 0.15) is 0 Å². The van der Waals surface area contributed by atoms with Crippen LogP contribution in [0.4, 0.5) is 13.2 Å². The number of nitrogens with one attached hydrogen (secondary N) is 2. The summed E-state index contributed by atoms with van der Waals surface area (Å²) in [6.07, 6.45) is -3.20. The zero-order valence-corrected chi connectivity index (χ0v) is 17.6. The van der Waals surface area contributed by atoms with E-state index in [4.69, 9.17) is 0 Å². The summed E-state index contributed by atoms with van der Waals surface area (Å²) in [6.45, 7) is 3.60. The molecule has 0 saturated heterocycles. The maximum atomic E-state index is 12.5. The van der Waals surface area contributed by atoms with Crippen molar-refractivity contribution in [2.45, 2.75) is 31.3 Å². The van der Waals surface area contributed by atoms with Gasteiger partial charge in [0.05, 0.1) is 10.3 Å². The minimum atomic E-state index is -4.36. The van der Waals surface area contributed by atoms with E-state index in [1.807, 2.05) is 0 Å². The molecule has 5 nitrogen and oxygen atoms in total. The number of alkyl halides is 3. The number of rotatable bonds is 5. The fourth-order valence-electron chi connectivity index (χ4n) is 1.65. The van der Waals surface area contributed by atoms with E-state index in [9.17, 15) is 21.6 Å². The molecule has 0 aliphatic rings. The molecule has 25 heavy (non-hydrogen) atoms. The van der Waals surface area contributed by atoms with Crippen LogP contribution in [0.25, 0.3) is 0 Å². The van der Waals surface area contributed by atoms with Crippen molar-refractivity contribution in [3.8, 4) is 0 Å². The highest BCUT2D eigenvalue weighted by molar-refractivity contribution is 14.0. The predicted molar refractivity (Wildman–Crippen MR) is 104 cm³/mol. The number of sulfone groups is 1. The fourth-order valence-corrected chi connectivity index (χ4v) is 1.98. The number of aliphatic imine (C=N–C) groups is 1. The molecule has 0 fully saturated rings. The lowest BCUT2D eigenvalue weighted by molar-refractivity contribution is -0.137. The van der Waals surface area contributed by atoms with Crippen molar-refractivity contribution in [3.63, 3.8) is 0 Å². The Hall–Kier alpha value is -1.04. The van der Waals surface area contributed by atoms with Crippen LogP contribution in [0, 0.1) is 0 Å². The van der Waals surface area contributed by atoms with Gasteiger partial charge in [0.15, 0.2) is 15.8 Å². The average molecular weight is 493 g/mol. The molecule has 0 bridgehead atoms. The van der Waals surface area contributed by atoms with Crippen LogP contribution in [0.5, 0.6) is 0 Å². The summed E-state index contributed by atoms with van der Waals surface area (Å²) in [5.41, 5.74) is -0.0583. The smallest absolute Gasteiger partial charge is 0.355 e. The zero-order chi connectivity index (χ0) is 18.6. The molecule has 0 saturated carbocycles. The van der Waals surface area contributed by atoms with E-state index in [1.165, 1.54) is 19.2 Å². The largest absolute Gasteiger partial charge is 0.416 e. The molecule has 0 aromatic heterocycles. The Morgan fingerprint density at radius 1 is 1.12 bits per heavy atom. The van der Waals surface area contributed by atoms with Crippen LogP contribution in [0.2, 0.25) is 0 Å². The maximum absolute atomic E-state index is 12.5. The summed E-state index contributed by atoms with van der Waals surface area (Å²) in [4.78, 5) is 3.96. The third-order valence-electron chi connectivity index (χ3n) is 3.65. The molecule has 0 aliphatic heterocycles. The Morgan fingerprint density at radius 2 is 1.64 bits per heavy atom. The molecular weight excluding hydrogens is 470 g/mol. The Labute approximate surface area is 163 Å². The van der Waals surface area contributed by atoms with Gasteiger partial charge in [0.25, 0.3) is 0 Å². The highest BCUT2D eigenvalue weighted by Gasteiger charge is 2.30. The van der Waals surface area contributed by atoms with E-state index in [-0.39, 0.29) is 37.1 Å². The third-order valence-corrected chi connectivity index (χ3v) is 5.80. The molecule has 0 amide bonds. The number of guanidine groups is 1. The van der Waals surface area contributed by atoms with Gasteiger partial charge in [-0.3, -0.25) is 4.99 Å². The normalized spacial score (nSPS) is 13.2. The Morgan fingerprint density at radius 3 is 2.04 bits per heavy atom. The van der Waals surface area contributed by atoms with Gasteiger partial charge in [0.2, 0.25) is 0 Å². The molecule has 0 atom stereocenters. The van der Waals surface area contributed by atoms with E-state index in [2.05, 4.69) is 15.6 Å². The standard InChI is InChI=1S/C15H22F3N3O2S.HI/c1-14(2,24(4,22)23)10-21-13(19-3)20-9-11-5-7-12(8-6-11)15(16,17)18;/h5-8H,9-10H2,1-4H3,(H2,19,20,21);1H. The third kappa shape index (κ3) is 7.38. The topological polar surface area (TPSA) is 70.6 Å². The molecule has 144 valence electrons. The van der Waals surface area contributed by atoms with Crippen LogP contribution < -0.4 is 10.6 Å². The van der Waals surface area contributed by atoms with Crippen LogP contribution in [-0.2, 0) is 22.6 Å². The predicted octanol–water partition coefficient (Wildman–Crippen LogP) is 2.81. The quantitative estimate of drug-likeness (QED) is 0.376. The van der Waals surface area contributed by atoms with E-state index < -0.39 is 26.3 Å². The summed E-state index contributed by atoms with van der Waals surface area (Å²) >= 11 is 0. The maximum Gasteiger partial charge on any atom is 0.416 e. The molecule has 1 rings (SSSR count). The van der Waals surface area contributed by atoms with Gasteiger partial charge >= 0.3 is 6.18 Å². The molecule has 0 radical (unpaired) electrons. The lowest BCUT2D eigenvalue weighted by Gasteiger charge is -2.24. The van der Waals surface area contributed by atoms with Crippen molar-refractivity contribution >= 4 is 39.8 Å². The molecule has 0 heterocycles. The van der Waals surface area contributed by atoms with Gasteiger partial charge in [-0.2, -0.15) is 13.2 Å². The van der Waals surface area contributed by atoms with E-state index >= 15 is 0 Å². The molecule has 2 N–H and O–H groups in total. The molecule has 0 spiro atoms. The SMILES string of the molecule is CN=C(NCc1ccc(C(F)(F)F)cc1)NCC(C)(C)S(C)(=O)=O.I. The Balaban J connectivity index is 0.00000576. The lowest BCUT2D eigenvalue weighted by atomic mass is 10.1. The van der Waals surface area contributed by atoms with E-state index in [0.29, 0.717) is 11.5 Å². The Bertz CT molecular complexity index is 687. The van der Waals surface area contributed by atoms with Crippen molar-refractivity contribution in [2.75, 3.05) is 19.8 Å². The molecule has 1 aromatic rings. The van der Waals surface area contributed by atoms with Crippen molar-refractivity contribution in [3.05, 3.63) is 35.4 Å². The lowest BCUT2D eigenvalue weighted by Crippen LogP contribution is -2.47. The van der Waals surface area contributed by atoms with Crippen molar-refractivity contribution in [1.82, 2.24) is 10.6 Å². The summed E-state index contributed by atoms with van der Waals surface area (Å²) in [6, 6.07) is 4.78. The first kappa shape index (κ1) is 24.0. The van der Waals surface area contributed by atoms with Gasteiger partial charge in [-0.05, 0) is 31.5 Å². The zero-order valence-electron chi connectivity index (χ0n) is 14.4. The summed E-state index contributed by atoms with van der Waals surface area (Å²) in [7, 11) is -1.72. The number of hydrogen-bond acceptors (Lipinski definition) is 3. The minimum absolute atomic E-state index is 0. The van der Waals surface area contributed by atoms with Gasteiger partial charge in [0, 0.05) is 26.4 Å². The Kier molecular flexibility index (Phi) is 8.68. The summed E-state index contributed by atoms with van der Waals surface area (Å²) in [5, 5.41) is 5.83. The highest BCUT2D eigenvalue weighted by atomic mass is 127. The first-order valence-corrected chi connectivity index (χ1v) is 9.06. The van der Waals surface area contributed by atoms with Crippen molar-refractivity contribution in [1.29, 1.82) is 0 Å². The van der Waals surface area contributed by atoms with E-state index in [0.717, 1.165) is 18.4 Å². The van der Waals surface area contributed by atoms with Crippen LogP contribution in [0.3, 0.4) is 0 Å². The number of hydrogen-bond donors (Lipinski definition) is 2. The fraction of sp³-hybridized carbons (Fsp3) is 0.533. The molecule has 10 heteroatoms. The second-order valence-electron chi connectivity index (χ2n) is 6.01. The molecular formula is C15H23F3IN3O2S. The molecule has 1 aromatic carbocycles. The first-order chi connectivity index (χ1) is 10.9. The second kappa shape index (κ2) is 9.06. The van der Waals surface area contributed by atoms with Crippen LogP contribution in [0.15, 0.2) is 29.3 Å². The van der Waals surface area contributed by atoms with E-state index in [1.54, 1.807) is 13.8 Å². The monoisotopic (exact) mass is 493 g/mol. The van der Waals surface area contributed by atoms with Crippen LogP contribution in [-0.4, -0.2) is 39.0 Å². The number of nitrogens with zero attached hydrogens (tertiary/aromatic N) is 1. The minimum Gasteiger partial charge on any atom is -0.355 e. The second-order valence-corrected chi connectivity index (χ2v) is 8.66. The summed E-state index contributed by atoms with van der Waals surface area (Å²) < 4.78 is 59.8. The van der Waals surface area contributed by atoms with Crippen molar-refractivity contribution in [2.24, 2.45) is 4.99 Å². The van der Waals surface area contributed by atoms with Crippen LogP contribution >= 0.6 is 24.0 Å². The van der Waals surface area contributed by atoms with Gasteiger partial charge in [-0.15, -0.1) is 24.0 Å². The first-order valence-electron chi connectivity index (χ1n) is 7.17. The molecule has 0 aliphatic carbocycles. The average Bonchev–Trinajstić information content (AvgIpc) is 2.45. The van der Waals surface area contributed by atoms with Crippen LogP contribution in [0.1, 0.15) is 25.0 Å².